The molecule has 3 aromatic rings. The number of aromatic nitrogens is 1. The van der Waals surface area contributed by atoms with Crippen LogP contribution in [0.2, 0.25) is 0 Å². The Kier molecular flexibility index (Phi) is 3.29. The van der Waals surface area contributed by atoms with Gasteiger partial charge in [0.1, 0.15) is 5.76 Å². The highest BCUT2D eigenvalue weighted by Crippen LogP contribution is 2.37. The van der Waals surface area contributed by atoms with E-state index in [-0.39, 0.29) is 5.56 Å². The number of benzene rings is 1. The van der Waals surface area contributed by atoms with Gasteiger partial charge in [0.2, 0.25) is 5.56 Å². The highest BCUT2D eigenvalue weighted by Gasteiger charge is 2.15. The minimum Gasteiger partial charge on any atom is -0.493 e. The minimum atomic E-state index is -0.112. The topological polar surface area (TPSA) is 55.2 Å². The predicted molar refractivity (Wildman–Crippen MR) is 82.9 cm³/mol. The van der Waals surface area contributed by atoms with Crippen molar-refractivity contribution in [3.63, 3.8) is 0 Å². The number of rotatable bonds is 3. The average molecular weight is 283 g/mol. The summed E-state index contributed by atoms with van der Waals surface area (Å²) in [5.74, 6) is 1.93. The standard InChI is InChI=1S/C17H17NO3/c1-10(2)15-8-13-12(11-4-7-16(19)18-9-11)5-6-14(20-3)17(13)21-15/h4-10H,1-3H3,(H,18,19). The summed E-state index contributed by atoms with van der Waals surface area (Å²) in [6, 6.07) is 9.24. The van der Waals surface area contributed by atoms with Crippen molar-refractivity contribution in [1.82, 2.24) is 4.98 Å². The quantitative estimate of drug-likeness (QED) is 0.792. The van der Waals surface area contributed by atoms with Crippen molar-refractivity contribution in [3.8, 4) is 16.9 Å². The van der Waals surface area contributed by atoms with Crippen LogP contribution in [-0.2, 0) is 0 Å². The fourth-order valence-corrected chi connectivity index (χ4v) is 2.39. The average Bonchev–Trinajstić information content (AvgIpc) is 2.92. The fraction of sp³-hybridized carbons (Fsp3) is 0.235. The van der Waals surface area contributed by atoms with E-state index in [1.165, 1.54) is 6.07 Å². The van der Waals surface area contributed by atoms with E-state index in [1.807, 2.05) is 24.3 Å². The van der Waals surface area contributed by atoms with Crippen molar-refractivity contribution < 1.29 is 9.15 Å². The lowest BCUT2D eigenvalue weighted by Crippen LogP contribution is -2.01. The van der Waals surface area contributed by atoms with Gasteiger partial charge in [-0.05, 0) is 35.4 Å². The van der Waals surface area contributed by atoms with Crippen LogP contribution in [0.3, 0.4) is 0 Å². The molecule has 0 saturated heterocycles. The molecule has 0 atom stereocenters. The zero-order valence-corrected chi connectivity index (χ0v) is 12.3. The molecule has 21 heavy (non-hydrogen) atoms. The summed E-state index contributed by atoms with van der Waals surface area (Å²) in [6.07, 6.45) is 1.71. The van der Waals surface area contributed by atoms with Gasteiger partial charge in [0.15, 0.2) is 11.3 Å². The molecule has 1 aromatic carbocycles. The highest BCUT2D eigenvalue weighted by atomic mass is 16.5. The Hall–Kier alpha value is -2.49. The van der Waals surface area contributed by atoms with Crippen LogP contribution < -0.4 is 10.3 Å². The van der Waals surface area contributed by atoms with E-state index in [1.54, 1.807) is 13.3 Å². The SMILES string of the molecule is COc1ccc(-c2ccc(=O)[nH]c2)c2cc(C(C)C)oc12. The molecule has 3 rings (SSSR count). The Morgan fingerprint density at radius 1 is 1.19 bits per heavy atom. The maximum Gasteiger partial charge on any atom is 0.247 e. The summed E-state index contributed by atoms with van der Waals surface area (Å²) >= 11 is 0. The molecule has 0 fully saturated rings. The molecule has 108 valence electrons. The molecule has 0 saturated carbocycles. The van der Waals surface area contributed by atoms with E-state index in [0.29, 0.717) is 11.7 Å². The largest absolute Gasteiger partial charge is 0.493 e. The monoisotopic (exact) mass is 283 g/mol. The van der Waals surface area contributed by atoms with Crippen LogP contribution in [0.4, 0.5) is 0 Å². The molecule has 0 radical (unpaired) electrons. The van der Waals surface area contributed by atoms with Crippen LogP contribution in [0, 0.1) is 0 Å². The number of methoxy groups -OCH3 is 1. The van der Waals surface area contributed by atoms with Crippen molar-refractivity contribution in [1.29, 1.82) is 0 Å². The van der Waals surface area contributed by atoms with Crippen LogP contribution in [0.5, 0.6) is 5.75 Å². The molecule has 0 bridgehead atoms. The van der Waals surface area contributed by atoms with Crippen LogP contribution in [0.1, 0.15) is 25.5 Å². The first-order valence-corrected chi connectivity index (χ1v) is 6.89. The van der Waals surface area contributed by atoms with Gasteiger partial charge in [0.05, 0.1) is 7.11 Å². The summed E-state index contributed by atoms with van der Waals surface area (Å²) in [5.41, 5.74) is 2.58. The fourth-order valence-electron chi connectivity index (χ4n) is 2.39. The maximum atomic E-state index is 11.2. The van der Waals surface area contributed by atoms with Gasteiger partial charge in [0.25, 0.3) is 0 Å². The van der Waals surface area contributed by atoms with Crippen molar-refractivity contribution in [2.45, 2.75) is 19.8 Å². The van der Waals surface area contributed by atoms with E-state index < -0.39 is 0 Å². The van der Waals surface area contributed by atoms with Crippen molar-refractivity contribution in [2.75, 3.05) is 7.11 Å². The summed E-state index contributed by atoms with van der Waals surface area (Å²) in [5, 5.41) is 0.991. The summed E-state index contributed by atoms with van der Waals surface area (Å²) in [4.78, 5) is 13.9. The second-order valence-corrected chi connectivity index (χ2v) is 5.30. The molecule has 0 aliphatic carbocycles. The number of aromatic amines is 1. The second-order valence-electron chi connectivity index (χ2n) is 5.30. The summed E-state index contributed by atoms with van der Waals surface area (Å²) in [7, 11) is 1.63. The lowest BCUT2D eigenvalue weighted by molar-refractivity contribution is 0.406. The number of pyridine rings is 1. The minimum absolute atomic E-state index is 0.112. The van der Waals surface area contributed by atoms with Gasteiger partial charge in [0, 0.05) is 23.6 Å². The number of H-pyrrole nitrogens is 1. The Bertz CT molecular complexity index is 822. The van der Waals surface area contributed by atoms with Crippen LogP contribution in [0.15, 0.2) is 45.7 Å². The molecule has 1 N–H and O–H groups in total. The van der Waals surface area contributed by atoms with Gasteiger partial charge >= 0.3 is 0 Å². The zero-order valence-electron chi connectivity index (χ0n) is 12.3. The first kappa shape index (κ1) is 13.5. The highest BCUT2D eigenvalue weighted by molar-refractivity contribution is 5.97. The number of furan rings is 1. The molecule has 0 unspecified atom stereocenters. The number of ether oxygens (including phenoxy) is 1. The van der Waals surface area contributed by atoms with Gasteiger partial charge in [-0.25, -0.2) is 0 Å². The predicted octanol–water partition coefficient (Wildman–Crippen LogP) is 3.92. The normalized spacial score (nSPS) is 11.2. The zero-order chi connectivity index (χ0) is 15.0. The number of fused-ring (bicyclic) bond motifs is 1. The number of hydrogen-bond acceptors (Lipinski definition) is 3. The van der Waals surface area contributed by atoms with Gasteiger partial charge in [-0.15, -0.1) is 0 Å². The lowest BCUT2D eigenvalue weighted by Gasteiger charge is -2.06. The Morgan fingerprint density at radius 3 is 2.62 bits per heavy atom. The summed E-state index contributed by atoms with van der Waals surface area (Å²) in [6.45, 7) is 4.17. The van der Waals surface area contributed by atoms with Gasteiger partial charge in [-0.1, -0.05) is 13.8 Å². The Labute approximate surface area is 122 Å². The molecular formula is C17H17NO3. The van der Waals surface area contributed by atoms with Gasteiger partial charge < -0.3 is 14.1 Å². The summed E-state index contributed by atoms with van der Waals surface area (Å²) < 4.78 is 11.3. The van der Waals surface area contributed by atoms with E-state index in [0.717, 1.165) is 27.9 Å². The first-order valence-electron chi connectivity index (χ1n) is 6.89. The van der Waals surface area contributed by atoms with E-state index >= 15 is 0 Å². The molecule has 0 spiro atoms. The van der Waals surface area contributed by atoms with Crippen molar-refractivity contribution in [3.05, 3.63) is 52.6 Å². The Morgan fingerprint density at radius 2 is 2.00 bits per heavy atom. The molecular weight excluding hydrogens is 266 g/mol. The molecule has 4 heteroatoms. The van der Waals surface area contributed by atoms with E-state index in [2.05, 4.69) is 18.8 Å². The molecule has 2 heterocycles. The van der Waals surface area contributed by atoms with Crippen molar-refractivity contribution >= 4 is 11.0 Å². The molecule has 2 aromatic heterocycles. The molecule has 0 aliphatic rings. The maximum absolute atomic E-state index is 11.2. The molecule has 0 amide bonds. The third-order valence-electron chi connectivity index (χ3n) is 3.55. The molecule has 0 aliphatic heterocycles. The number of nitrogens with one attached hydrogen (secondary N) is 1. The van der Waals surface area contributed by atoms with E-state index in [4.69, 9.17) is 9.15 Å². The third-order valence-corrected chi connectivity index (χ3v) is 3.55. The van der Waals surface area contributed by atoms with E-state index in [9.17, 15) is 4.79 Å². The third kappa shape index (κ3) is 2.33. The first-order chi connectivity index (χ1) is 10.1. The van der Waals surface area contributed by atoms with Crippen molar-refractivity contribution in [2.24, 2.45) is 0 Å². The Balaban J connectivity index is 2.28. The lowest BCUT2D eigenvalue weighted by atomic mass is 10.0. The molecule has 4 nitrogen and oxygen atoms in total. The van der Waals surface area contributed by atoms with Gasteiger partial charge in [-0.3, -0.25) is 4.79 Å². The van der Waals surface area contributed by atoms with Crippen LogP contribution >= 0.6 is 0 Å². The number of hydrogen-bond donors (Lipinski definition) is 1. The van der Waals surface area contributed by atoms with Gasteiger partial charge in [-0.2, -0.15) is 0 Å². The second kappa shape index (κ2) is 5.13. The van der Waals surface area contributed by atoms with Crippen LogP contribution in [0.25, 0.3) is 22.1 Å². The smallest absolute Gasteiger partial charge is 0.247 e. The van der Waals surface area contributed by atoms with Crippen LogP contribution in [-0.4, -0.2) is 12.1 Å².